The van der Waals surface area contributed by atoms with Gasteiger partial charge in [0, 0.05) is 43.7 Å². The first-order chi connectivity index (χ1) is 20.2. The lowest BCUT2D eigenvalue weighted by Gasteiger charge is -2.32. The summed E-state index contributed by atoms with van der Waals surface area (Å²) < 4.78 is 28.5. The van der Waals surface area contributed by atoms with Gasteiger partial charge in [-0.2, -0.15) is 0 Å². The fourth-order valence-corrected chi connectivity index (χ4v) is 4.93. The Balaban J connectivity index is 1.21. The molecule has 1 heterocycles. The number of piperidine rings is 1. The van der Waals surface area contributed by atoms with Gasteiger partial charge in [0.05, 0.1) is 46.2 Å². The van der Waals surface area contributed by atoms with Crippen molar-refractivity contribution in [3.05, 3.63) is 95.1 Å². The van der Waals surface area contributed by atoms with Crippen LogP contribution < -0.4 is 20.1 Å². The summed E-state index contributed by atoms with van der Waals surface area (Å²) in [6, 6.07) is 23.8. The van der Waals surface area contributed by atoms with Crippen LogP contribution in [0, 0.1) is 0 Å². The first-order valence-corrected chi connectivity index (χ1v) is 14.3. The SMILES string of the molecule is COCCNC(=O)c1cccc(CO[C@H]2CNCC[C@@H]2c2ccc(OCCCOCc3ccccc3OC)cc2)c1. The number of hydrogen-bond acceptors (Lipinski definition) is 7. The summed E-state index contributed by atoms with van der Waals surface area (Å²) in [5, 5.41) is 6.32. The van der Waals surface area contributed by atoms with Crippen LogP contribution in [0.25, 0.3) is 0 Å². The highest BCUT2D eigenvalue weighted by molar-refractivity contribution is 5.94. The lowest BCUT2D eigenvalue weighted by Crippen LogP contribution is -2.41. The molecule has 0 bridgehead atoms. The van der Waals surface area contributed by atoms with Crippen molar-refractivity contribution >= 4 is 5.91 Å². The molecule has 41 heavy (non-hydrogen) atoms. The predicted molar refractivity (Wildman–Crippen MR) is 159 cm³/mol. The number of rotatable bonds is 16. The molecule has 4 rings (SSSR count). The van der Waals surface area contributed by atoms with E-state index < -0.39 is 0 Å². The highest BCUT2D eigenvalue weighted by atomic mass is 16.5. The molecule has 3 aromatic rings. The van der Waals surface area contributed by atoms with E-state index in [0.29, 0.717) is 45.1 Å². The van der Waals surface area contributed by atoms with E-state index in [9.17, 15) is 4.79 Å². The third kappa shape index (κ3) is 9.57. The number of hydrogen-bond donors (Lipinski definition) is 2. The van der Waals surface area contributed by atoms with Crippen molar-refractivity contribution in [1.82, 2.24) is 10.6 Å². The van der Waals surface area contributed by atoms with Crippen LogP contribution in [-0.2, 0) is 27.4 Å². The summed E-state index contributed by atoms with van der Waals surface area (Å²) in [5.41, 5.74) is 3.89. The van der Waals surface area contributed by atoms with Gasteiger partial charge in [0.15, 0.2) is 0 Å². The molecular weight excluding hydrogens is 520 g/mol. The van der Waals surface area contributed by atoms with Gasteiger partial charge in [0.1, 0.15) is 11.5 Å². The van der Waals surface area contributed by atoms with Gasteiger partial charge in [-0.05, 0) is 54.4 Å². The number of para-hydroxylation sites is 1. The van der Waals surface area contributed by atoms with Crippen LogP contribution in [0.15, 0.2) is 72.8 Å². The molecule has 1 amide bonds. The topological polar surface area (TPSA) is 87.3 Å². The summed E-state index contributed by atoms with van der Waals surface area (Å²) in [7, 11) is 3.29. The average Bonchev–Trinajstić information content (AvgIpc) is 3.02. The Morgan fingerprint density at radius 3 is 2.63 bits per heavy atom. The second-order valence-corrected chi connectivity index (χ2v) is 10.0. The Labute approximate surface area is 243 Å². The quantitative estimate of drug-likeness (QED) is 0.244. The number of methoxy groups -OCH3 is 2. The van der Waals surface area contributed by atoms with Gasteiger partial charge < -0.3 is 34.3 Å². The van der Waals surface area contributed by atoms with E-state index in [4.69, 9.17) is 23.7 Å². The zero-order chi connectivity index (χ0) is 28.7. The zero-order valence-electron chi connectivity index (χ0n) is 24.1. The van der Waals surface area contributed by atoms with Crippen molar-refractivity contribution in [1.29, 1.82) is 0 Å². The highest BCUT2D eigenvalue weighted by Gasteiger charge is 2.27. The summed E-state index contributed by atoms with van der Waals surface area (Å²) >= 11 is 0. The Morgan fingerprint density at radius 1 is 0.951 bits per heavy atom. The molecule has 0 aromatic heterocycles. The summed E-state index contributed by atoms with van der Waals surface area (Å²) in [6.07, 6.45) is 1.84. The van der Waals surface area contributed by atoms with Gasteiger partial charge in [-0.1, -0.05) is 42.5 Å². The summed E-state index contributed by atoms with van der Waals surface area (Å²) in [6.45, 7) is 4.88. The molecule has 1 fully saturated rings. The van der Waals surface area contributed by atoms with E-state index in [2.05, 4.69) is 22.8 Å². The standard InChI is InChI=1S/C33H42N2O6/c1-37-20-17-35-33(36)27-9-5-7-25(21-27)23-41-32-22-34-16-15-30(32)26-11-13-29(14-12-26)40-19-6-18-39-24-28-8-3-4-10-31(28)38-2/h3-5,7-14,21,30,32,34H,6,15-20,22-24H2,1-2H3,(H,35,36)/t30-,32+/m1/s1. The van der Waals surface area contributed by atoms with Gasteiger partial charge in [-0.3, -0.25) is 4.79 Å². The molecule has 1 aliphatic rings. The Morgan fingerprint density at radius 2 is 1.80 bits per heavy atom. The van der Waals surface area contributed by atoms with E-state index in [0.717, 1.165) is 48.6 Å². The Hall–Kier alpha value is -3.43. The molecule has 1 aliphatic heterocycles. The second kappa shape index (κ2) is 16.7. The number of ether oxygens (including phenoxy) is 5. The molecule has 0 unspecified atom stereocenters. The monoisotopic (exact) mass is 562 g/mol. The molecular formula is C33H42N2O6. The molecule has 0 spiro atoms. The maximum absolute atomic E-state index is 12.4. The zero-order valence-corrected chi connectivity index (χ0v) is 24.1. The van der Waals surface area contributed by atoms with Gasteiger partial charge in [0.25, 0.3) is 5.91 Å². The predicted octanol–water partition coefficient (Wildman–Crippen LogP) is 4.72. The van der Waals surface area contributed by atoms with Crippen molar-refractivity contribution in [3.63, 3.8) is 0 Å². The fourth-order valence-electron chi connectivity index (χ4n) is 4.93. The van der Waals surface area contributed by atoms with Crippen LogP contribution in [0.5, 0.6) is 11.5 Å². The molecule has 8 nitrogen and oxygen atoms in total. The molecule has 3 aromatic carbocycles. The third-order valence-corrected chi connectivity index (χ3v) is 7.13. The van der Waals surface area contributed by atoms with Gasteiger partial charge in [-0.15, -0.1) is 0 Å². The van der Waals surface area contributed by atoms with Gasteiger partial charge >= 0.3 is 0 Å². The number of benzene rings is 3. The van der Waals surface area contributed by atoms with Crippen LogP contribution in [0.2, 0.25) is 0 Å². The minimum atomic E-state index is -0.108. The van der Waals surface area contributed by atoms with Gasteiger partial charge in [-0.25, -0.2) is 0 Å². The van der Waals surface area contributed by atoms with E-state index >= 15 is 0 Å². The molecule has 220 valence electrons. The number of carbonyl (C=O) groups excluding carboxylic acids is 1. The van der Waals surface area contributed by atoms with Crippen molar-refractivity contribution in [2.45, 2.75) is 38.1 Å². The van der Waals surface area contributed by atoms with E-state index in [1.807, 2.05) is 60.7 Å². The first-order valence-electron chi connectivity index (χ1n) is 14.3. The molecule has 2 atom stereocenters. The van der Waals surface area contributed by atoms with Crippen molar-refractivity contribution in [3.8, 4) is 11.5 Å². The van der Waals surface area contributed by atoms with E-state index in [1.54, 1.807) is 14.2 Å². The second-order valence-electron chi connectivity index (χ2n) is 10.0. The summed E-state index contributed by atoms with van der Waals surface area (Å²) in [5.74, 6) is 1.88. The number of carbonyl (C=O) groups is 1. The smallest absolute Gasteiger partial charge is 0.251 e. The minimum absolute atomic E-state index is 0.0371. The van der Waals surface area contributed by atoms with Crippen molar-refractivity contribution in [2.75, 3.05) is 53.7 Å². The number of nitrogens with one attached hydrogen (secondary N) is 2. The van der Waals surface area contributed by atoms with Crippen LogP contribution in [0.1, 0.15) is 45.8 Å². The van der Waals surface area contributed by atoms with Crippen LogP contribution in [0.3, 0.4) is 0 Å². The Kier molecular flexibility index (Phi) is 12.5. The Bertz CT molecular complexity index is 1200. The summed E-state index contributed by atoms with van der Waals surface area (Å²) in [4.78, 5) is 12.4. The first kappa shape index (κ1) is 30.5. The number of amides is 1. The van der Waals surface area contributed by atoms with Crippen molar-refractivity contribution < 1.29 is 28.5 Å². The minimum Gasteiger partial charge on any atom is -0.496 e. The highest BCUT2D eigenvalue weighted by Crippen LogP contribution is 2.30. The lowest BCUT2D eigenvalue weighted by molar-refractivity contribution is 0.0106. The molecule has 8 heteroatoms. The normalized spacial score (nSPS) is 16.7. The van der Waals surface area contributed by atoms with Crippen LogP contribution >= 0.6 is 0 Å². The average molecular weight is 563 g/mol. The molecule has 0 saturated carbocycles. The maximum Gasteiger partial charge on any atom is 0.251 e. The van der Waals surface area contributed by atoms with E-state index in [1.165, 1.54) is 5.56 Å². The fraction of sp³-hybridized carbons (Fsp3) is 0.424. The van der Waals surface area contributed by atoms with Crippen molar-refractivity contribution in [2.24, 2.45) is 0 Å². The lowest BCUT2D eigenvalue weighted by atomic mass is 9.87. The maximum atomic E-state index is 12.4. The molecule has 0 aliphatic carbocycles. The van der Waals surface area contributed by atoms with Crippen LogP contribution in [-0.4, -0.2) is 65.7 Å². The molecule has 1 saturated heterocycles. The third-order valence-electron chi connectivity index (χ3n) is 7.13. The molecule has 2 N–H and O–H groups in total. The van der Waals surface area contributed by atoms with Crippen LogP contribution in [0.4, 0.5) is 0 Å². The molecule has 0 radical (unpaired) electrons. The van der Waals surface area contributed by atoms with Gasteiger partial charge in [0.2, 0.25) is 0 Å². The van der Waals surface area contributed by atoms with E-state index in [-0.39, 0.29) is 17.9 Å². The largest absolute Gasteiger partial charge is 0.496 e.